The Balaban J connectivity index is 1.03. The molecule has 266 valence electrons. The van der Waals surface area contributed by atoms with Gasteiger partial charge in [-0.25, -0.2) is 4.98 Å². The van der Waals surface area contributed by atoms with Crippen molar-refractivity contribution in [2.75, 3.05) is 32.1 Å². The van der Waals surface area contributed by atoms with Crippen LogP contribution in [0.25, 0.3) is 11.1 Å². The van der Waals surface area contributed by atoms with Gasteiger partial charge >= 0.3 is 0 Å². The Morgan fingerprint density at radius 2 is 1.90 bits per heavy atom. The van der Waals surface area contributed by atoms with Crippen LogP contribution < -0.4 is 25.4 Å². The third kappa shape index (κ3) is 7.98. The van der Waals surface area contributed by atoms with Gasteiger partial charge in [-0.3, -0.25) is 14.5 Å². The minimum atomic E-state index is -0.350. The lowest BCUT2D eigenvalue weighted by Gasteiger charge is -2.18. The number of fused-ring (bicyclic) bond motifs is 1. The molecule has 13 heteroatoms. The second-order valence-electron chi connectivity index (χ2n) is 13.2. The number of anilines is 1. The molecule has 0 unspecified atom stereocenters. The molecule has 11 nitrogen and oxygen atoms in total. The van der Waals surface area contributed by atoms with Crippen LogP contribution in [-0.4, -0.2) is 70.7 Å². The van der Waals surface area contributed by atoms with Gasteiger partial charge in [-0.05, 0) is 66.1 Å². The highest BCUT2D eigenvalue weighted by molar-refractivity contribution is 6.37. The Bertz CT molecular complexity index is 1930. The molecular weight excluding hydrogens is 691 g/mol. The highest BCUT2D eigenvalue weighted by Crippen LogP contribution is 2.43. The molecule has 4 aromatic rings. The lowest BCUT2D eigenvalue weighted by molar-refractivity contribution is -0.119. The van der Waals surface area contributed by atoms with Gasteiger partial charge in [0.15, 0.2) is 0 Å². The van der Waals surface area contributed by atoms with E-state index < -0.39 is 0 Å². The molecule has 4 heterocycles. The quantitative estimate of drug-likeness (QED) is 0.144. The number of aromatic nitrogens is 2. The van der Waals surface area contributed by atoms with E-state index in [-0.39, 0.29) is 35.9 Å². The molecule has 3 atom stereocenters. The summed E-state index contributed by atoms with van der Waals surface area (Å²) in [6.07, 6.45) is 4.77. The number of aliphatic hydroxyl groups is 1. The van der Waals surface area contributed by atoms with E-state index in [1.165, 1.54) is 0 Å². The van der Waals surface area contributed by atoms with Crippen LogP contribution in [0, 0.1) is 0 Å². The molecule has 2 aromatic carbocycles. The van der Waals surface area contributed by atoms with E-state index in [0.717, 1.165) is 59.2 Å². The predicted molar refractivity (Wildman–Crippen MR) is 195 cm³/mol. The molecule has 0 saturated carbocycles. The van der Waals surface area contributed by atoms with Gasteiger partial charge in [0, 0.05) is 62.5 Å². The van der Waals surface area contributed by atoms with Crippen molar-refractivity contribution in [1.29, 1.82) is 0 Å². The number of aliphatic hydroxyl groups excluding tert-OH is 1. The number of hydrogen-bond donors (Lipinski definition) is 4. The summed E-state index contributed by atoms with van der Waals surface area (Å²) in [4.78, 5) is 36.2. The topological polar surface area (TPSA) is 138 Å². The highest BCUT2D eigenvalue weighted by Gasteiger charge is 2.29. The van der Waals surface area contributed by atoms with E-state index in [0.29, 0.717) is 66.3 Å². The van der Waals surface area contributed by atoms with Crippen molar-refractivity contribution in [3.63, 3.8) is 0 Å². The average Bonchev–Trinajstić information content (AvgIpc) is 3.86. The van der Waals surface area contributed by atoms with E-state index in [4.69, 9.17) is 32.7 Å². The molecule has 2 amide bonds. The van der Waals surface area contributed by atoms with Crippen LogP contribution in [0.4, 0.5) is 5.82 Å². The zero-order chi connectivity index (χ0) is 35.5. The number of carbonyl (C=O) groups excluding carboxylic acids is 2. The number of ether oxygens (including phenoxy) is 2. The number of carbonyl (C=O) groups is 2. The third-order valence-electron chi connectivity index (χ3n) is 9.69. The van der Waals surface area contributed by atoms with Crippen LogP contribution in [0.2, 0.25) is 10.0 Å². The van der Waals surface area contributed by atoms with Crippen LogP contribution in [-0.2, 0) is 24.3 Å². The summed E-state index contributed by atoms with van der Waals surface area (Å²) in [7, 11) is 1.56. The number of hydrogen-bond acceptors (Lipinski definition) is 9. The lowest BCUT2D eigenvalue weighted by Crippen LogP contribution is -2.35. The molecule has 3 aliphatic rings. The van der Waals surface area contributed by atoms with Crippen molar-refractivity contribution in [2.45, 2.75) is 63.4 Å². The van der Waals surface area contributed by atoms with Gasteiger partial charge in [-0.1, -0.05) is 59.6 Å². The van der Waals surface area contributed by atoms with Crippen molar-refractivity contribution in [3.05, 3.63) is 98.7 Å². The zero-order valence-electron chi connectivity index (χ0n) is 28.3. The van der Waals surface area contributed by atoms with E-state index in [1.54, 1.807) is 31.5 Å². The Labute approximate surface area is 306 Å². The van der Waals surface area contributed by atoms with Gasteiger partial charge in [0.05, 0.1) is 23.8 Å². The number of halogens is 2. The molecule has 4 N–H and O–H groups in total. The summed E-state index contributed by atoms with van der Waals surface area (Å²) in [5, 5.41) is 19.7. The van der Waals surface area contributed by atoms with E-state index >= 15 is 0 Å². The maximum Gasteiger partial charge on any atom is 0.258 e. The van der Waals surface area contributed by atoms with Crippen molar-refractivity contribution < 1.29 is 24.2 Å². The average molecular weight is 732 g/mol. The largest absolute Gasteiger partial charge is 0.481 e. The Kier molecular flexibility index (Phi) is 10.7. The van der Waals surface area contributed by atoms with Gasteiger partial charge in [0.2, 0.25) is 17.7 Å². The van der Waals surface area contributed by atoms with Crippen molar-refractivity contribution >= 4 is 40.8 Å². The smallest absolute Gasteiger partial charge is 0.258 e. The molecule has 2 saturated heterocycles. The van der Waals surface area contributed by atoms with E-state index in [1.807, 2.05) is 36.4 Å². The first-order chi connectivity index (χ1) is 24.7. The van der Waals surface area contributed by atoms with Gasteiger partial charge < -0.3 is 30.5 Å². The number of nitrogens with zero attached hydrogens (tertiary/aromatic N) is 3. The second-order valence-corrected chi connectivity index (χ2v) is 14.0. The lowest BCUT2D eigenvalue weighted by atomic mass is 9.95. The van der Waals surface area contributed by atoms with Crippen LogP contribution >= 0.6 is 23.2 Å². The Hall–Kier alpha value is -4.26. The number of benzene rings is 2. The second kappa shape index (κ2) is 15.5. The predicted octanol–water partition coefficient (Wildman–Crippen LogP) is 5.71. The number of rotatable bonds is 12. The fourth-order valence-corrected chi connectivity index (χ4v) is 7.65. The summed E-state index contributed by atoms with van der Waals surface area (Å²) in [6, 6.07) is 17.1. The maximum absolute atomic E-state index is 13.4. The molecule has 2 aliphatic heterocycles. The van der Waals surface area contributed by atoms with Gasteiger partial charge in [-0.2, -0.15) is 4.98 Å². The molecule has 7 rings (SSSR count). The van der Waals surface area contributed by atoms with Crippen molar-refractivity contribution in [1.82, 2.24) is 25.5 Å². The fraction of sp³-hybridized carbons (Fsp3) is 0.368. The van der Waals surface area contributed by atoms with Crippen LogP contribution in [0.3, 0.4) is 0 Å². The summed E-state index contributed by atoms with van der Waals surface area (Å²) < 4.78 is 12.0. The molecular formula is C38H40Cl2N6O5. The first-order valence-electron chi connectivity index (χ1n) is 17.2. The number of methoxy groups -OCH3 is 1. The summed E-state index contributed by atoms with van der Waals surface area (Å²) in [6.45, 7) is 3.32. The molecule has 0 radical (unpaired) electrons. The standard InChI is InChI=1S/C38H40Cl2N6O5/c1-50-37-23(18-41-19-24-9-13-34(48)43-24)16-31(39)38(45-37)51-32-11-10-27-26(4-2-5-28(27)32)29-6-3-7-30(35(29)40)36(49)44-33-12-8-22(17-42-33)20-46-15-14-25(47)21-46/h2-8,12,16-17,24-25,32,41,47H,9-11,13-15,18-21H2,1H3,(H,43,48)(H,42,44,49)/t24-,25+,32-/m0/s1. The molecule has 0 bridgehead atoms. The van der Waals surface area contributed by atoms with E-state index in [9.17, 15) is 14.7 Å². The summed E-state index contributed by atoms with van der Waals surface area (Å²) in [5.74, 6) is 0.867. The molecule has 2 aromatic heterocycles. The summed E-state index contributed by atoms with van der Waals surface area (Å²) in [5.41, 5.74) is 5.94. The number of nitrogens with one attached hydrogen (secondary N) is 3. The Morgan fingerprint density at radius 1 is 1.06 bits per heavy atom. The number of pyridine rings is 2. The first-order valence-corrected chi connectivity index (χ1v) is 18.0. The fourth-order valence-electron chi connectivity index (χ4n) is 7.12. The Morgan fingerprint density at radius 3 is 2.65 bits per heavy atom. The number of β-amino-alcohol motifs (C(OH)–C–C–N with tert-alkyl or cyclic N) is 1. The molecule has 1 aliphatic carbocycles. The third-order valence-corrected chi connectivity index (χ3v) is 10.4. The van der Waals surface area contributed by atoms with E-state index in [2.05, 4.69) is 30.8 Å². The van der Waals surface area contributed by atoms with Crippen LogP contribution in [0.15, 0.2) is 60.8 Å². The summed E-state index contributed by atoms with van der Waals surface area (Å²) >= 11 is 13.6. The number of likely N-dealkylation sites (tertiary alicyclic amines) is 1. The first kappa shape index (κ1) is 35.2. The van der Waals surface area contributed by atoms with Gasteiger partial charge in [0.25, 0.3) is 5.91 Å². The minimum absolute atomic E-state index is 0.0813. The molecule has 0 spiro atoms. The SMILES string of the molecule is COc1nc(O[C@H]2CCc3c(-c4cccc(C(=O)Nc5ccc(CN6CC[C@@H](O)C6)cn5)c4Cl)cccc32)c(Cl)cc1CNC[C@@H]1CCC(=O)N1. The maximum atomic E-state index is 13.4. The van der Waals surface area contributed by atoms with Crippen LogP contribution in [0.5, 0.6) is 11.8 Å². The molecule has 51 heavy (non-hydrogen) atoms. The monoisotopic (exact) mass is 730 g/mol. The van der Waals surface area contributed by atoms with Crippen LogP contribution in [0.1, 0.15) is 64.4 Å². The molecule has 2 fully saturated rings. The highest BCUT2D eigenvalue weighted by atomic mass is 35.5. The van der Waals surface area contributed by atoms with Crippen molar-refractivity contribution in [2.24, 2.45) is 0 Å². The van der Waals surface area contributed by atoms with Gasteiger partial charge in [-0.15, -0.1) is 0 Å². The zero-order valence-corrected chi connectivity index (χ0v) is 29.8. The number of amides is 2. The van der Waals surface area contributed by atoms with Gasteiger partial charge in [0.1, 0.15) is 16.9 Å². The normalized spacial score (nSPS) is 19.9. The van der Waals surface area contributed by atoms with Crippen molar-refractivity contribution in [3.8, 4) is 22.9 Å². The minimum Gasteiger partial charge on any atom is -0.481 e.